The molecule has 2 aromatic heterocycles. The highest BCUT2D eigenvalue weighted by atomic mass is 35.5. The Morgan fingerprint density at radius 2 is 1.88 bits per heavy atom. The number of aliphatic imine (C=N–C) groups is 1. The first-order chi connectivity index (χ1) is 12.7. The van der Waals surface area contributed by atoms with Gasteiger partial charge in [0, 0.05) is 35.7 Å². The van der Waals surface area contributed by atoms with E-state index in [9.17, 15) is 0 Å². The number of imidazole rings is 1. The Bertz CT molecular complexity index is 907. The fraction of sp³-hybridized carbons (Fsp3) is 0.211. The number of benzene rings is 1. The molecule has 3 heterocycles. The average Bonchev–Trinajstić information content (AvgIpc) is 3.31. The van der Waals surface area contributed by atoms with Gasteiger partial charge in [-0.05, 0) is 36.2 Å². The maximum absolute atomic E-state index is 6.01. The number of hydrogen-bond acceptors (Lipinski definition) is 5. The molecular formula is C19H18ClN5S. The first-order valence-corrected chi connectivity index (χ1v) is 9.62. The van der Waals surface area contributed by atoms with Gasteiger partial charge >= 0.3 is 0 Å². The van der Waals surface area contributed by atoms with Crippen LogP contribution in [-0.2, 0) is 13.0 Å². The summed E-state index contributed by atoms with van der Waals surface area (Å²) in [7, 11) is 0. The normalized spacial score (nSPS) is 19.5. The standard InChI is InChI=1S/C19H18ClN5S/c20-14-3-1-12(2-4-14)9-16-17(18-23-11-15(10-21)24-18)26-19(25-16)13-5-7-22-8-6-13/h1-8,11,16-17H,9-10,21H2,(H,23,24). The summed E-state index contributed by atoms with van der Waals surface area (Å²) in [5.41, 5.74) is 8.87. The summed E-state index contributed by atoms with van der Waals surface area (Å²) in [6.07, 6.45) is 6.28. The maximum Gasteiger partial charge on any atom is 0.122 e. The summed E-state index contributed by atoms with van der Waals surface area (Å²) >= 11 is 7.74. The van der Waals surface area contributed by atoms with Crippen molar-refractivity contribution in [1.29, 1.82) is 0 Å². The van der Waals surface area contributed by atoms with Gasteiger partial charge in [0.25, 0.3) is 0 Å². The van der Waals surface area contributed by atoms with E-state index in [0.717, 1.165) is 33.6 Å². The maximum atomic E-state index is 6.01. The van der Waals surface area contributed by atoms with Crippen LogP contribution in [-0.4, -0.2) is 26.0 Å². The predicted octanol–water partition coefficient (Wildman–Crippen LogP) is 3.76. The lowest BCUT2D eigenvalue weighted by Gasteiger charge is -2.15. The van der Waals surface area contributed by atoms with Crippen LogP contribution in [0.5, 0.6) is 0 Å². The molecular weight excluding hydrogens is 366 g/mol. The van der Waals surface area contributed by atoms with Crippen molar-refractivity contribution in [3.05, 3.63) is 82.7 Å². The number of H-pyrrole nitrogens is 1. The lowest BCUT2D eigenvalue weighted by atomic mass is 10.0. The number of aromatic amines is 1. The van der Waals surface area contributed by atoms with Crippen molar-refractivity contribution >= 4 is 28.4 Å². The Morgan fingerprint density at radius 3 is 2.58 bits per heavy atom. The molecule has 1 aromatic carbocycles. The van der Waals surface area contributed by atoms with Crippen LogP contribution < -0.4 is 5.73 Å². The number of thioether (sulfide) groups is 1. The first kappa shape index (κ1) is 17.3. The molecule has 0 spiro atoms. The van der Waals surface area contributed by atoms with Gasteiger partial charge in [0.15, 0.2) is 0 Å². The molecule has 0 saturated heterocycles. The summed E-state index contributed by atoms with van der Waals surface area (Å²) < 4.78 is 0. The molecule has 4 rings (SSSR count). The summed E-state index contributed by atoms with van der Waals surface area (Å²) in [5, 5.41) is 1.88. The van der Waals surface area contributed by atoms with Gasteiger partial charge in [-0.1, -0.05) is 35.5 Å². The van der Waals surface area contributed by atoms with Gasteiger partial charge in [0.1, 0.15) is 5.82 Å². The third-order valence-electron chi connectivity index (χ3n) is 4.29. The van der Waals surface area contributed by atoms with Crippen molar-refractivity contribution < 1.29 is 0 Å². The van der Waals surface area contributed by atoms with Crippen LogP contribution in [0.15, 0.2) is 60.0 Å². The molecule has 0 amide bonds. The Kier molecular flexibility index (Phi) is 5.06. The molecule has 1 aliphatic rings. The summed E-state index contributed by atoms with van der Waals surface area (Å²) in [6, 6.07) is 12.0. The van der Waals surface area contributed by atoms with Gasteiger partial charge in [-0.2, -0.15) is 0 Å². The molecule has 5 nitrogen and oxygen atoms in total. The SMILES string of the molecule is NCc1c[nH]c(C2SC(c3ccncc3)=NC2Cc2ccc(Cl)cc2)n1. The molecule has 7 heteroatoms. The Morgan fingerprint density at radius 1 is 1.12 bits per heavy atom. The first-order valence-electron chi connectivity index (χ1n) is 8.36. The second kappa shape index (κ2) is 7.61. The third-order valence-corrected chi connectivity index (χ3v) is 5.89. The van der Waals surface area contributed by atoms with Crippen LogP contribution in [0.1, 0.15) is 27.9 Å². The van der Waals surface area contributed by atoms with Gasteiger partial charge in [-0.25, -0.2) is 4.98 Å². The quantitative estimate of drug-likeness (QED) is 0.702. The molecule has 26 heavy (non-hydrogen) atoms. The minimum atomic E-state index is 0.0844. The van der Waals surface area contributed by atoms with Crippen molar-refractivity contribution in [2.75, 3.05) is 0 Å². The number of nitrogens with zero attached hydrogens (tertiary/aromatic N) is 3. The molecule has 0 aliphatic carbocycles. The zero-order valence-electron chi connectivity index (χ0n) is 14.0. The lowest BCUT2D eigenvalue weighted by Crippen LogP contribution is -2.15. The van der Waals surface area contributed by atoms with E-state index in [1.165, 1.54) is 5.56 Å². The number of aromatic nitrogens is 3. The number of rotatable bonds is 5. The van der Waals surface area contributed by atoms with Gasteiger partial charge in [0.2, 0.25) is 0 Å². The average molecular weight is 384 g/mol. The zero-order valence-corrected chi connectivity index (χ0v) is 15.5. The van der Waals surface area contributed by atoms with Gasteiger partial charge < -0.3 is 10.7 Å². The van der Waals surface area contributed by atoms with E-state index in [-0.39, 0.29) is 11.3 Å². The largest absolute Gasteiger partial charge is 0.347 e. The smallest absolute Gasteiger partial charge is 0.122 e. The highest BCUT2D eigenvalue weighted by molar-refractivity contribution is 8.14. The third kappa shape index (κ3) is 3.67. The van der Waals surface area contributed by atoms with Crippen molar-refractivity contribution in [2.45, 2.75) is 24.3 Å². The topological polar surface area (TPSA) is 80.0 Å². The minimum absolute atomic E-state index is 0.0844. The molecule has 0 bridgehead atoms. The fourth-order valence-corrected chi connectivity index (χ4v) is 4.35. The molecule has 2 unspecified atom stereocenters. The number of nitrogens with one attached hydrogen (secondary N) is 1. The zero-order chi connectivity index (χ0) is 17.9. The molecule has 0 radical (unpaired) electrons. The number of nitrogens with two attached hydrogens (primary N) is 1. The van der Waals surface area contributed by atoms with Gasteiger partial charge in [-0.15, -0.1) is 0 Å². The Labute approximate surface area is 161 Å². The second-order valence-electron chi connectivity index (χ2n) is 6.09. The minimum Gasteiger partial charge on any atom is -0.347 e. The van der Waals surface area contributed by atoms with Crippen LogP contribution in [0.25, 0.3) is 0 Å². The summed E-state index contributed by atoms with van der Waals surface area (Å²) in [5.74, 6) is 0.919. The summed E-state index contributed by atoms with van der Waals surface area (Å²) in [6.45, 7) is 0.424. The molecule has 3 N–H and O–H groups in total. The van der Waals surface area contributed by atoms with E-state index >= 15 is 0 Å². The van der Waals surface area contributed by atoms with Crippen molar-refractivity contribution in [3.63, 3.8) is 0 Å². The van der Waals surface area contributed by atoms with Crippen LogP contribution in [0, 0.1) is 0 Å². The van der Waals surface area contributed by atoms with E-state index in [1.54, 1.807) is 24.2 Å². The molecule has 2 atom stereocenters. The van der Waals surface area contributed by atoms with E-state index in [1.807, 2.05) is 30.5 Å². The van der Waals surface area contributed by atoms with Crippen LogP contribution in [0.4, 0.5) is 0 Å². The monoisotopic (exact) mass is 383 g/mol. The Hall–Kier alpha value is -2.15. The predicted molar refractivity (Wildman–Crippen MR) is 107 cm³/mol. The highest BCUT2D eigenvalue weighted by Gasteiger charge is 2.34. The number of halogens is 1. The Balaban J connectivity index is 1.64. The molecule has 3 aromatic rings. The number of pyridine rings is 1. The van der Waals surface area contributed by atoms with Crippen molar-refractivity contribution in [1.82, 2.24) is 15.0 Å². The highest BCUT2D eigenvalue weighted by Crippen LogP contribution is 2.42. The van der Waals surface area contributed by atoms with Crippen molar-refractivity contribution in [2.24, 2.45) is 10.7 Å². The van der Waals surface area contributed by atoms with E-state index < -0.39 is 0 Å². The summed E-state index contributed by atoms with van der Waals surface area (Å²) in [4.78, 5) is 17.0. The van der Waals surface area contributed by atoms with Gasteiger partial charge in [-0.3, -0.25) is 9.98 Å². The van der Waals surface area contributed by atoms with E-state index in [4.69, 9.17) is 22.3 Å². The van der Waals surface area contributed by atoms with Gasteiger partial charge in [0.05, 0.1) is 22.0 Å². The molecule has 1 aliphatic heterocycles. The van der Waals surface area contributed by atoms with E-state index in [0.29, 0.717) is 6.54 Å². The van der Waals surface area contributed by atoms with Crippen LogP contribution in [0.3, 0.4) is 0 Å². The van der Waals surface area contributed by atoms with Crippen LogP contribution in [0.2, 0.25) is 5.02 Å². The van der Waals surface area contributed by atoms with Crippen molar-refractivity contribution in [3.8, 4) is 0 Å². The van der Waals surface area contributed by atoms with E-state index in [2.05, 4.69) is 27.1 Å². The van der Waals surface area contributed by atoms with Crippen LogP contribution >= 0.6 is 23.4 Å². The lowest BCUT2D eigenvalue weighted by molar-refractivity contribution is 0.646. The molecule has 0 fully saturated rings. The molecule has 132 valence electrons. The number of hydrogen-bond donors (Lipinski definition) is 2. The second-order valence-corrected chi connectivity index (χ2v) is 7.65. The fourth-order valence-electron chi connectivity index (χ4n) is 2.96. The molecule has 0 saturated carbocycles.